The van der Waals surface area contributed by atoms with Gasteiger partial charge in [0.25, 0.3) is 0 Å². The van der Waals surface area contributed by atoms with Crippen LogP contribution >= 0.6 is 11.6 Å². The minimum Gasteiger partial charge on any atom is -0.497 e. The highest BCUT2D eigenvalue weighted by atomic mass is 35.5. The van der Waals surface area contributed by atoms with E-state index in [0.29, 0.717) is 29.6 Å². The van der Waals surface area contributed by atoms with Gasteiger partial charge in [0.05, 0.1) is 20.3 Å². The average molecular weight is 322 g/mol. The Balaban J connectivity index is 1.95. The predicted octanol–water partition coefficient (Wildman–Crippen LogP) is 3.18. The molecule has 0 fully saturated rings. The van der Waals surface area contributed by atoms with E-state index in [1.807, 2.05) is 24.3 Å². The lowest BCUT2D eigenvalue weighted by atomic mass is 10.1. The van der Waals surface area contributed by atoms with Crippen LogP contribution in [-0.2, 0) is 6.54 Å². The smallest absolute Gasteiger partial charge is 0.122 e. The topological polar surface area (TPSA) is 50.7 Å². The van der Waals surface area contributed by atoms with Crippen LogP contribution in [0.25, 0.3) is 0 Å². The van der Waals surface area contributed by atoms with Crippen LogP contribution in [0.15, 0.2) is 42.5 Å². The Labute approximate surface area is 135 Å². The first kappa shape index (κ1) is 16.6. The van der Waals surface area contributed by atoms with E-state index >= 15 is 0 Å². The Morgan fingerprint density at radius 3 is 2.36 bits per heavy atom. The molecule has 0 aromatic heterocycles. The van der Waals surface area contributed by atoms with Gasteiger partial charge in [0.1, 0.15) is 11.5 Å². The van der Waals surface area contributed by atoms with E-state index in [-0.39, 0.29) is 0 Å². The number of ether oxygens (including phenoxy) is 2. The molecule has 0 radical (unpaired) electrons. The maximum absolute atomic E-state index is 10.3. The Morgan fingerprint density at radius 1 is 1.09 bits per heavy atom. The molecular weight excluding hydrogens is 302 g/mol. The number of aliphatic hydroxyl groups excluding tert-OH is 1. The predicted molar refractivity (Wildman–Crippen MR) is 87.7 cm³/mol. The van der Waals surface area contributed by atoms with Crippen LogP contribution in [0.5, 0.6) is 11.5 Å². The van der Waals surface area contributed by atoms with Gasteiger partial charge in [-0.05, 0) is 35.4 Å². The molecule has 22 heavy (non-hydrogen) atoms. The van der Waals surface area contributed by atoms with Crippen molar-refractivity contribution in [3.63, 3.8) is 0 Å². The van der Waals surface area contributed by atoms with Crippen molar-refractivity contribution in [1.82, 2.24) is 5.32 Å². The molecule has 0 saturated heterocycles. The molecule has 2 N–H and O–H groups in total. The number of nitrogens with one attached hydrogen (secondary N) is 1. The van der Waals surface area contributed by atoms with E-state index in [1.165, 1.54) is 0 Å². The lowest BCUT2D eigenvalue weighted by molar-refractivity contribution is 0.173. The van der Waals surface area contributed by atoms with Gasteiger partial charge < -0.3 is 19.9 Å². The molecule has 0 amide bonds. The Hall–Kier alpha value is -1.75. The first-order valence-electron chi connectivity index (χ1n) is 6.98. The van der Waals surface area contributed by atoms with Gasteiger partial charge in [-0.15, -0.1) is 0 Å². The van der Waals surface area contributed by atoms with Crippen molar-refractivity contribution in [2.75, 3.05) is 20.8 Å². The summed E-state index contributed by atoms with van der Waals surface area (Å²) in [5.74, 6) is 1.31. The molecule has 0 saturated carbocycles. The van der Waals surface area contributed by atoms with Crippen LogP contribution in [0, 0.1) is 0 Å². The standard InChI is InChI=1S/C17H20ClNO3/c1-21-15-7-13(8-16(9-15)22-2)17(20)11-19-10-12-4-3-5-14(18)6-12/h3-9,17,19-20H,10-11H2,1-2H3. The van der Waals surface area contributed by atoms with Crippen LogP contribution in [0.3, 0.4) is 0 Å². The summed E-state index contributed by atoms with van der Waals surface area (Å²) in [6.07, 6.45) is -0.650. The summed E-state index contributed by atoms with van der Waals surface area (Å²) in [5.41, 5.74) is 1.82. The Bertz CT molecular complexity index is 596. The van der Waals surface area contributed by atoms with Gasteiger partial charge in [-0.25, -0.2) is 0 Å². The van der Waals surface area contributed by atoms with Gasteiger partial charge in [0.2, 0.25) is 0 Å². The molecule has 0 aliphatic heterocycles. The van der Waals surface area contributed by atoms with Gasteiger partial charge in [0, 0.05) is 24.2 Å². The van der Waals surface area contributed by atoms with E-state index in [1.54, 1.807) is 32.4 Å². The number of benzene rings is 2. The van der Waals surface area contributed by atoms with Crippen LogP contribution in [0.4, 0.5) is 0 Å². The van der Waals surface area contributed by atoms with Gasteiger partial charge >= 0.3 is 0 Å². The number of aliphatic hydroxyl groups is 1. The number of hydrogen-bond acceptors (Lipinski definition) is 4. The molecule has 4 nitrogen and oxygen atoms in total. The average Bonchev–Trinajstić information content (AvgIpc) is 2.54. The SMILES string of the molecule is COc1cc(OC)cc(C(O)CNCc2cccc(Cl)c2)c1. The fraction of sp³-hybridized carbons (Fsp3) is 0.294. The highest BCUT2D eigenvalue weighted by Gasteiger charge is 2.10. The van der Waals surface area contributed by atoms with Crippen LogP contribution in [0.1, 0.15) is 17.2 Å². The summed E-state index contributed by atoms with van der Waals surface area (Å²) >= 11 is 5.94. The summed E-state index contributed by atoms with van der Waals surface area (Å²) in [4.78, 5) is 0. The lowest BCUT2D eigenvalue weighted by Crippen LogP contribution is -2.21. The maximum atomic E-state index is 10.3. The molecule has 0 bridgehead atoms. The molecule has 2 aromatic carbocycles. The van der Waals surface area contributed by atoms with Crippen molar-refractivity contribution in [1.29, 1.82) is 0 Å². The molecule has 2 rings (SSSR count). The van der Waals surface area contributed by atoms with Crippen molar-refractivity contribution in [2.45, 2.75) is 12.6 Å². The summed E-state index contributed by atoms with van der Waals surface area (Å²) < 4.78 is 10.4. The van der Waals surface area contributed by atoms with Gasteiger partial charge in [0.15, 0.2) is 0 Å². The minimum absolute atomic E-state index is 0.419. The van der Waals surface area contributed by atoms with Crippen LogP contribution in [0.2, 0.25) is 5.02 Å². The normalized spacial score (nSPS) is 12.0. The van der Waals surface area contributed by atoms with Crippen molar-refractivity contribution in [3.8, 4) is 11.5 Å². The molecule has 5 heteroatoms. The van der Waals surface area contributed by atoms with Crippen molar-refractivity contribution in [3.05, 3.63) is 58.6 Å². The van der Waals surface area contributed by atoms with Gasteiger partial charge in [-0.3, -0.25) is 0 Å². The van der Waals surface area contributed by atoms with Gasteiger partial charge in [-0.2, -0.15) is 0 Å². The van der Waals surface area contributed by atoms with Gasteiger partial charge in [-0.1, -0.05) is 23.7 Å². The highest BCUT2D eigenvalue weighted by Crippen LogP contribution is 2.26. The molecule has 0 heterocycles. The molecule has 1 unspecified atom stereocenters. The van der Waals surface area contributed by atoms with E-state index in [2.05, 4.69) is 5.32 Å². The number of methoxy groups -OCH3 is 2. The second-order valence-corrected chi connectivity index (χ2v) is 5.36. The Morgan fingerprint density at radius 2 is 1.77 bits per heavy atom. The zero-order chi connectivity index (χ0) is 15.9. The largest absolute Gasteiger partial charge is 0.497 e. The quantitative estimate of drug-likeness (QED) is 0.822. The first-order chi connectivity index (χ1) is 10.6. The summed E-state index contributed by atoms with van der Waals surface area (Å²) in [6.45, 7) is 1.06. The lowest BCUT2D eigenvalue weighted by Gasteiger charge is -2.15. The minimum atomic E-state index is -0.650. The van der Waals surface area contributed by atoms with E-state index < -0.39 is 6.10 Å². The van der Waals surface area contributed by atoms with Crippen molar-refractivity contribution < 1.29 is 14.6 Å². The molecule has 0 aliphatic carbocycles. The summed E-state index contributed by atoms with van der Waals surface area (Å²) in [5, 5.41) is 14.2. The molecule has 0 aliphatic rings. The Kier molecular flexibility index (Phi) is 6.07. The zero-order valence-electron chi connectivity index (χ0n) is 12.7. The van der Waals surface area contributed by atoms with E-state index in [0.717, 1.165) is 11.1 Å². The maximum Gasteiger partial charge on any atom is 0.122 e. The molecular formula is C17H20ClNO3. The summed E-state index contributed by atoms with van der Waals surface area (Å²) in [6, 6.07) is 13.0. The van der Waals surface area contributed by atoms with Crippen molar-refractivity contribution in [2.24, 2.45) is 0 Å². The van der Waals surface area contributed by atoms with Crippen LogP contribution in [-0.4, -0.2) is 25.9 Å². The highest BCUT2D eigenvalue weighted by molar-refractivity contribution is 6.30. The third kappa shape index (κ3) is 4.63. The zero-order valence-corrected chi connectivity index (χ0v) is 13.4. The number of rotatable bonds is 7. The van der Waals surface area contributed by atoms with E-state index in [9.17, 15) is 5.11 Å². The molecule has 0 spiro atoms. The third-order valence-corrected chi connectivity index (χ3v) is 3.55. The molecule has 1 atom stereocenters. The number of halogens is 1. The summed E-state index contributed by atoms with van der Waals surface area (Å²) in [7, 11) is 3.17. The fourth-order valence-electron chi connectivity index (χ4n) is 2.14. The first-order valence-corrected chi connectivity index (χ1v) is 7.36. The second kappa shape index (κ2) is 8.03. The van der Waals surface area contributed by atoms with Crippen LogP contribution < -0.4 is 14.8 Å². The number of hydrogen-bond donors (Lipinski definition) is 2. The monoisotopic (exact) mass is 321 g/mol. The fourth-order valence-corrected chi connectivity index (χ4v) is 2.35. The molecule has 2 aromatic rings. The molecule has 118 valence electrons. The second-order valence-electron chi connectivity index (χ2n) is 4.92. The van der Waals surface area contributed by atoms with E-state index in [4.69, 9.17) is 21.1 Å². The third-order valence-electron chi connectivity index (χ3n) is 3.31. The van der Waals surface area contributed by atoms with Crippen molar-refractivity contribution >= 4 is 11.6 Å².